The molecule has 0 aliphatic heterocycles. The van der Waals surface area contributed by atoms with Gasteiger partial charge in [-0.2, -0.15) is 0 Å². The molecule has 2 aromatic carbocycles. The van der Waals surface area contributed by atoms with Gasteiger partial charge in [0.25, 0.3) is 0 Å². The summed E-state index contributed by atoms with van der Waals surface area (Å²) in [5, 5.41) is 1.21. The van der Waals surface area contributed by atoms with E-state index >= 15 is 0 Å². The molecule has 0 aromatic heterocycles. The summed E-state index contributed by atoms with van der Waals surface area (Å²) in [6.07, 6.45) is 3.19. The third-order valence-corrected chi connectivity index (χ3v) is 5.86. The number of rotatable bonds is 10. The SMILES string of the molecule is CCCCOc1cc(CCC(=O)OC)ccc1-c1cccc(C[AsH]C)c1. The van der Waals surface area contributed by atoms with Crippen molar-refractivity contribution in [3.63, 3.8) is 0 Å². The van der Waals surface area contributed by atoms with Crippen molar-refractivity contribution in [2.75, 3.05) is 13.7 Å². The van der Waals surface area contributed by atoms with Gasteiger partial charge in [-0.1, -0.05) is 0 Å². The van der Waals surface area contributed by atoms with Gasteiger partial charge in [-0.15, -0.1) is 0 Å². The van der Waals surface area contributed by atoms with Crippen molar-refractivity contribution in [3.8, 4) is 16.9 Å². The Kier molecular flexibility index (Phi) is 8.77. The van der Waals surface area contributed by atoms with E-state index in [1.165, 1.54) is 23.4 Å². The van der Waals surface area contributed by atoms with Crippen LogP contribution in [0.15, 0.2) is 42.5 Å². The second kappa shape index (κ2) is 11.1. The van der Waals surface area contributed by atoms with E-state index in [2.05, 4.69) is 55.1 Å². The number of methoxy groups -OCH3 is 1. The summed E-state index contributed by atoms with van der Waals surface area (Å²) < 4.78 is 10.8. The maximum absolute atomic E-state index is 11.4. The van der Waals surface area contributed by atoms with Gasteiger partial charge < -0.3 is 0 Å². The molecule has 0 saturated carbocycles. The predicted molar refractivity (Wildman–Crippen MR) is 109 cm³/mol. The minimum atomic E-state index is -0.182. The van der Waals surface area contributed by atoms with Gasteiger partial charge in [0.1, 0.15) is 0 Å². The summed E-state index contributed by atoms with van der Waals surface area (Å²) in [7, 11) is 1.43. The van der Waals surface area contributed by atoms with Gasteiger partial charge in [-0.3, -0.25) is 0 Å². The number of esters is 1. The van der Waals surface area contributed by atoms with Crippen LogP contribution < -0.4 is 4.74 Å². The van der Waals surface area contributed by atoms with Crippen LogP contribution in [0.1, 0.15) is 37.3 Å². The first kappa shape index (κ1) is 20.6. The molecule has 0 radical (unpaired) electrons. The van der Waals surface area contributed by atoms with E-state index in [0.717, 1.165) is 29.7 Å². The van der Waals surface area contributed by atoms with E-state index in [1.54, 1.807) is 0 Å². The van der Waals surface area contributed by atoms with Crippen LogP contribution in [0.5, 0.6) is 5.75 Å². The van der Waals surface area contributed by atoms with Gasteiger partial charge in [-0.25, -0.2) is 0 Å². The predicted octanol–water partition coefficient (Wildman–Crippen LogP) is 4.62. The number of ether oxygens (including phenoxy) is 2. The molecule has 3 nitrogen and oxygen atoms in total. The molecule has 0 heterocycles. The van der Waals surface area contributed by atoms with E-state index in [1.807, 2.05) is 0 Å². The van der Waals surface area contributed by atoms with Crippen LogP contribution in [-0.4, -0.2) is 35.4 Å². The standard InChI is InChI=1S/C22H29AsO3/c1-4-5-13-26-21-15-17(10-12-22(24)25-3)9-11-20(21)19-8-6-7-18(14-19)16-23-2/h6-9,11,14-15,23H,4-5,10,12-13,16H2,1-3H3. The molecule has 0 fully saturated rings. The summed E-state index contributed by atoms with van der Waals surface area (Å²) in [5.74, 6) is 0.726. The molecule has 1 unspecified atom stereocenters. The zero-order chi connectivity index (χ0) is 18.8. The molecule has 2 rings (SSSR count). The van der Waals surface area contributed by atoms with Crippen molar-refractivity contribution >= 4 is 21.7 Å². The fourth-order valence-electron chi connectivity index (χ4n) is 2.81. The molecule has 0 saturated heterocycles. The normalized spacial score (nSPS) is 11.0. The van der Waals surface area contributed by atoms with E-state index in [0.29, 0.717) is 19.4 Å². The third kappa shape index (κ3) is 6.21. The summed E-state index contributed by atoms with van der Waals surface area (Å²) in [5.41, 5.74) is 7.15. The average molecular weight is 416 g/mol. The quantitative estimate of drug-likeness (QED) is 0.322. The first-order valence-corrected chi connectivity index (χ1v) is 12.8. The molecule has 0 aliphatic carbocycles. The summed E-state index contributed by atoms with van der Waals surface area (Å²) in [6, 6.07) is 15.1. The van der Waals surface area contributed by atoms with E-state index in [4.69, 9.17) is 9.47 Å². The first-order chi connectivity index (χ1) is 12.7. The number of carbonyl (C=O) groups is 1. The summed E-state index contributed by atoms with van der Waals surface area (Å²) >= 11 is 0.109. The van der Waals surface area contributed by atoms with E-state index in [-0.39, 0.29) is 21.7 Å². The molecular formula is C22H29AsO3. The van der Waals surface area contributed by atoms with Gasteiger partial charge in [0.05, 0.1) is 7.11 Å². The Balaban J connectivity index is 2.28. The van der Waals surface area contributed by atoms with Crippen molar-refractivity contribution in [1.29, 1.82) is 0 Å². The van der Waals surface area contributed by atoms with Gasteiger partial charge in [0.2, 0.25) is 0 Å². The fraction of sp³-hybridized carbons (Fsp3) is 0.409. The monoisotopic (exact) mass is 416 g/mol. The number of aryl methyl sites for hydroxylation is 1. The Morgan fingerprint density at radius 3 is 2.69 bits per heavy atom. The van der Waals surface area contributed by atoms with E-state index in [9.17, 15) is 4.79 Å². The molecular weight excluding hydrogens is 387 g/mol. The van der Waals surface area contributed by atoms with Crippen LogP contribution in [0.4, 0.5) is 0 Å². The molecule has 1 atom stereocenters. The number of unbranched alkanes of at least 4 members (excludes halogenated alkanes) is 1. The van der Waals surface area contributed by atoms with Gasteiger partial charge in [0, 0.05) is 0 Å². The molecule has 0 bridgehead atoms. The van der Waals surface area contributed by atoms with E-state index < -0.39 is 0 Å². The van der Waals surface area contributed by atoms with Crippen LogP contribution >= 0.6 is 0 Å². The topological polar surface area (TPSA) is 35.5 Å². The molecule has 140 valence electrons. The van der Waals surface area contributed by atoms with Crippen molar-refractivity contribution < 1.29 is 14.3 Å². The molecule has 4 heteroatoms. The minimum absolute atomic E-state index is 0.109. The van der Waals surface area contributed by atoms with Crippen molar-refractivity contribution in [2.24, 2.45) is 0 Å². The number of carbonyl (C=O) groups excluding carboxylic acids is 1. The summed E-state index contributed by atoms with van der Waals surface area (Å²) in [6.45, 7) is 2.87. The Hall–Kier alpha value is -1.73. The number of hydrogen-bond acceptors (Lipinski definition) is 3. The van der Waals surface area contributed by atoms with Crippen LogP contribution in [-0.2, 0) is 21.2 Å². The molecule has 0 aliphatic rings. The van der Waals surface area contributed by atoms with Crippen LogP contribution in [0.2, 0.25) is 5.71 Å². The Bertz CT molecular complexity index is 712. The zero-order valence-corrected chi connectivity index (χ0v) is 18.1. The van der Waals surface area contributed by atoms with Gasteiger partial charge >= 0.3 is 157 Å². The zero-order valence-electron chi connectivity index (χ0n) is 16.0. The molecule has 0 amide bonds. The van der Waals surface area contributed by atoms with Crippen molar-refractivity contribution in [3.05, 3.63) is 53.6 Å². The summed E-state index contributed by atoms with van der Waals surface area (Å²) in [4.78, 5) is 11.4. The third-order valence-electron chi connectivity index (χ3n) is 4.27. The number of benzene rings is 2. The maximum atomic E-state index is 11.4. The Labute approximate surface area is 163 Å². The Morgan fingerprint density at radius 1 is 1.12 bits per heavy atom. The second-order valence-electron chi connectivity index (χ2n) is 6.34. The fourth-order valence-corrected chi connectivity index (χ4v) is 4.13. The van der Waals surface area contributed by atoms with Crippen LogP contribution in [0, 0.1) is 0 Å². The van der Waals surface area contributed by atoms with Crippen LogP contribution in [0.25, 0.3) is 11.1 Å². The van der Waals surface area contributed by atoms with Crippen LogP contribution in [0.3, 0.4) is 0 Å². The Morgan fingerprint density at radius 2 is 1.96 bits per heavy atom. The molecule has 2 aromatic rings. The number of hydrogen-bond donors (Lipinski definition) is 0. The molecule has 0 spiro atoms. The second-order valence-corrected chi connectivity index (χ2v) is 8.56. The van der Waals surface area contributed by atoms with Crippen molar-refractivity contribution in [2.45, 2.75) is 43.5 Å². The molecule has 26 heavy (non-hydrogen) atoms. The van der Waals surface area contributed by atoms with Gasteiger partial charge in [0.15, 0.2) is 0 Å². The van der Waals surface area contributed by atoms with Crippen molar-refractivity contribution in [1.82, 2.24) is 0 Å². The average Bonchev–Trinajstić information content (AvgIpc) is 2.67. The van der Waals surface area contributed by atoms with Gasteiger partial charge in [-0.05, 0) is 0 Å². The first-order valence-electron chi connectivity index (χ1n) is 9.24. The molecule has 0 N–H and O–H groups in total.